The Kier molecular flexibility index (Phi) is 6.02. The molecule has 0 fully saturated rings. The van der Waals surface area contributed by atoms with Gasteiger partial charge in [0.2, 0.25) is 0 Å². The molecule has 1 aliphatic heterocycles. The number of benzene rings is 2. The van der Waals surface area contributed by atoms with Crippen LogP contribution in [-0.4, -0.2) is 40.1 Å². The molecule has 0 aromatic heterocycles. The van der Waals surface area contributed by atoms with E-state index in [1.807, 2.05) is 24.3 Å². The molecule has 1 N–H and O–H groups in total. The molecule has 28 heavy (non-hydrogen) atoms. The molecule has 0 saturated carbocycles. The van der Waals surface area contributed by atoms with Crippen LogP contribution in [0.5, 0.6) is 0 Å². The Bertz CT molecular complexity index is 978. The van der Waals surface area contributed by atoms with Crippen LogP contribution < -0.4 is 9.79 Å². The van der Waals surface area contributed by atoms with Crippen molar-refractivity contribution in [3.05, 3.63) is 59.9 Å². The first kappa shape index (κ1) is 19.9. The van der Waals surface area contributed by atoms with E-state index in [9.17, 15) is 22.4 Å². The zero-order chi connectivity index (χ0) is 20.1. The molecule has 1 amide bonds. The highest BCUT2D eigenvalue weighted by atomic mass is 32.2. The quantitative estimate of drug-likeness (QED) is 0.545. The van der Waals surface area contributed by atoms with Crippen molar-refractivity contribution < 1.29 is 32.0 Å². The average Bonchev–Trinajstić information content (AvgIpc) is 3.10. The highest BCUT2D eigenvalue weighted by Crippen LogP contribution is 2.27. The summed E-state index contributed by atoms with van der Waals surface area (Å²) in [6.07, 6.45) is 0.726. The van der Waals surface area contributed by atoms with Crippen LogP contribution in [0.1, 0.15) is 5.56 Å². The Balaban J connectivity index is 1.44. The number of fused-ring (bicyclic) bond motifs is 1. The number of carbonyl (C=O) groups excluding carboxylic acids is 2. The summed E-state index contributed by atoms with van der Waals surface area (Å²) in [6, 6.07) is 11.5. The van der Waals surface area contributed by atoms with Gasteiger partial charge >= 0.3 is 5.97 Å². The molecule has 0 radical (unpaired) electrons. The molecular weight excluding hydrogens is 391 g/mol. The van der Waals surface area contributed by atoms with Crippen LogP contribution in [0.25, 0.3) is 0 Å². The van der Waals surface area contributed by atoms with Crippen molar-refractivity contribution in [2.75, 3.05) is 24.7 Å². The number of carbonyl (C=O) groups is 2. The minimum Gasteiger partial charge on any atom is -0.454 e. The van der Waals surface area contributed by atoms with Crippen molar-refractivity contribution >= 4 is 27.6 Å². The van der Waals surface area contributed by atoms with Gasteiger partial charge in [0.05, 0.1) is 4.90 Å². The molecule has 0 aliphatic carbocycles. The number of esters is 1. The van der Waals surface area contributed by atoms with E-state index in [1.54, 1.807) is 4.89 Å². The molecule has 148 valence electrons. The van der Waals surface area contributed by atoms with Gasteiger partial charge in [-0.1, -0.05) is 23.1 Å². The average molecular weight is 408 g/mol. The second-order valence-electron chi connectivity index (χ2n) is 5.91. The predicted molar refractivity (Wildman–Crippen MR) is 96.1 cm³/mol. The molecule has 0 unspecified atom stereocenters. The van der Waals surface area contributed by atoms with E-state index in [2.05, 4.69) is 4.84 Å². The lowest BCUT2D eigenvalue weighted by Crippen LogP contribution is -2.34. The zero-order valence-corrected chi connectivity index (χ0v) is 15.4. The standard InChI is InChI=1S/C18H17FN2O6S/c19-14-5-7-15(8-6-14)28(24,25)20-27-12-18(23)26-11-17(22)21-10-9-13-3-1-2-4-16(13)21/h1-8,20H,9-12H2. The molecule has 2 aromatic carbocycles. The lowest BCUT2D eigenvalue weighted by atomic mass is 10.2. The van der Waals surface area contributed by atoms with Gasteiger partial charge in [-0.25, -0.2) is 17.6 Å². The third-order valence-corrected chi connectivity index (χ3v) is 5.26. The van der Waals surface area contributed by atoms with E-state index >= 15 is 0 Å². The molecule has 0 saturated heterocycles. The van der Waals surface area contributed by atoms with Crippen molar-refractivity contribution in [1.82, 2.24) is 4.89 Å². The Morgan fingerprint density at radius 1 is 1.07 bits per heavy atom. The van der Waals surface area contributed by atoms with Gasteiger partial charge in [0.1, 0.15) is 5.82 Å². The lowest BCUT2D eigenvalue weighted by molar-refractivity contribution is -0.153. The number of hydrogen-bond donors (Lipinski definition) is 1. The number of amides is 1. The maximum Gasteiger partial charge on any atom is 0.334 e. The first-order valence-corrected chi connectivity index (χ1v) is 9.78. The number of hydrogen-bond acceptors (Lipinski definition) is 6. The fourth-order valence-electron chi connectivity index (χ4n) is 2.69. The van der Waals surface area contributed by atoms with Gasteiger partial charge in [0, 0.05) is 12.2 Å². The van der Waals surface area contributed by atoms with Gasteiger partial charge < -0.3 is 9.64 Å². The summed E-state index contributed by atoms with van der Waals surface area (Å²) in [5, 5.41) is 0. The van der Waals surface area contributed by atoms with Crippen LogP contribution in [0.4, 0.5) is 10.1 Å². The summed E-state index contributed by atoms with van der Waals surface area (Å²) in [7, 11) is -4.07. The first-order valence-electron chi connectivity index (χ1n) is 8.30. The van der Waals surface area contributed by atoms with Crippen LogP contribution in [0, 0.1) is 5.82 Å². The van der Waals surface area contributed by atoms with Gasteiger partial charge in [-0.2, -0.15) is 0 Å². The molecule has 8 nitrogen and oxygen atoms in total. The number of nitrogens with zero attached hydrogens (tertiary/aromatic N) is 1. The topological polar surface area (TPSA) is 102 Å². The summed E-state index contributed by atoms with van der Waals surface area (Å²) in [4.78, 5) is 31.6. The Morgan fingerprint density at radius 3 is 2.54 bits per heavy atom. The molecule has 2 aromatic rings. The Hall–Kier alpha value is -2.82. The molecule has 0 bridgehead atoms. The summed E-state index contributed by atoms with van der Waals surface area (Å²) in [5.74, 6) is -1.89. The molecule has 1 aliphatic rings. The van der Waals surface area contributed by atoms with Crippen molar-refractivity contribution in [3.8, 4) is 0 Å². The van der Waals surface area contributed by atoms with Crippen LogP contribution in [-0.2, 0) is 35.6 Å². The number of halogens is 1. The maximum atomic E-state index is 12.8. The molecular formula is C18H17FN2O6S. The fraction of sp³-hybridized carbons (Fsp3) is 0.222. The number of sulfonamides is 1. The monoisotopic (exact) mass is 408 g/mol. The van der Waals surface area contributed by atoms with Crippen molar-refractivity contribution in [1.29, 1.82) is 0 Å². The summed E-state index contributed by atoms with van der Waals surface area (Å²) in [5.41, 5.74) is 1.83. The van der Waals surface area contributed by atoms with Gasteiger partial charge in [0.25, 0.3) is 15.9 Å². The molecule has 10 heteroatoms. The highest BCUT2D eigenvalue weighted by molar-refractivity contribution is 7.89. The fourth-order valence-corrected chi connectivity index (χ4v) is 3.49. The first-order chi connectivity index (χ1) is 13.4. The van der Waals surface area contributed by atoms with Gasteiger partial charge in [-0.05, 0) is 42.3 Å². The largest absolute Gasteiger partial charge is 0.454 e. The highest BCUT2D eigenvalue weighted by Gasteiger charge is 2.25. The van der Waals surface area contributed by atoms with Gasteiger partial charge in [-0.3, -0.25) is 9.63 Å². The van der Waals surface area contributed by atoms with E-state index in [-0.39, 0.29) is 10.8 Å². The summed E-state index contributed by atoms with van der Waals surface area (Å²) < 4.78 is 41.5. The predicted octanol–water partition coefficient (Wildman–Crippen LogP) is 1.17. The number of para-hydroxylation sites is 1. The number of rotatable bonds is 7. The maximum absolute atomic E-state index is 12.8. The molecule has 0 spiro atoms. The van der Waals surface area contributed by atoms with Crippen LogP contribution in [0.3, 0.4) is 0 Å². The van der Waals surface area contributed by atoms with Crippen molar-refractivity contribution in [3.63, 3.8) is 0 Å². The molecule has 3 rings (SSSR count). The number of ether oxygens (including phenoxy) is 1. The van der Waals surface area contributed by atoms with Crippen LogP contribution in [0.15, 0.2) is 53.4 Å². The van der Waals surface area contributed by atoms with Crippen LogP contribution in [0.2, 0.25) is 0 Å². The third-order valence-electron chi connectivity index (χ3n) is 4.03. The summed E-state index contributed by atoms with van der Waals surface area (Å²) >= 11 is 0. The van der Waals surface area contributed by atoms with Crippen molar-refractivity contribution in [2.24, 2.45) is 0 Å². The van der Waals surface area contributed by atoms with E-state index in [4.69, 9.17) is 4.74 Å². The van der Waals surface area contributed by atoms with E-state index < -0.39 is 35.0 Å². The lowest BCUT2D eigenvalue weighted by Gasteiger charge is -2.17. The summed E-state index contributed by atoms with van der Waals surface area (Å²) in [6.45, 7) is -0.713. The number of anilines is 1. The minimum atomic E-state index is -4.07. The SMILES string of the molecule is O=C(CONS(=O)(=O)c1ccc(F)cc1)OCC(=O)N1CCc2ccccc21. The molecule has 1 heterocycles. The van der Waals surface area contributed by atoms with E-state index in [0.717, 1.165) is 41.9 Å². The smallest absolute Gasteiger partial charge is 0.334 e. The van der Waals surface area contributed by atoms with Gasteiger partial charge in [0.15, 0.2) is 13.2 Å². The molecule has 0 atom stereocenters. The van der Waals surface area contributed by atoms with E-state index in [1.165, 1.54) is 4.90 Å². The van der Waals surface area contributed by atoms with Crippen molar-refractivity contribution in [2.45, 2.75) is 11.3 Å². The van der Waals surface area contributed by atoms with E-state index in [0.29, 0.717) is 6.54 Å². The third kappa shape index (κ3) is 4.71. The number of nitrogens with one attached hydrogen (secondary N) is 1. The minimum absolute atomic E-state index is 0.231. The van der Waals surface area contributed by atoms with Crippen LogP contribution >= 0.6 is 0 Å². The van der Waals surface area contributed by atoms with Gasteiger partial charge in [-0.15, -0.1) is 0 Å². The second kappa shape index (κ2) is 8.46. The normalized spacial score (nSPS) is 13.2. The zero-order valence-electron chi connectivity index (χ0n) is 14.6. The second-order valence-corrected chi connectivity index (χ2v) is 7.56. The Labute approximate surface area is 160 Å². The Morgan fingerprint density at radius 2 is 1.79 bits per heavy atom.